The number of aromatic nitrogens is 3. The van der Waals surface area contributed by atoms with Gasteiger partial charge in [-0.1, -0.05) is 18.2 Å². The molecule has 0 bridgehead atoms. The van der Waals surface area contributed by atoms with Gasteiger partial charge in [-0.3, -0.25) is 0 Å². The number of aliphatic hydroxyl groups excluding tert-OH is 1. The molecule has 1 saturated carbocycles. The predicted molar refractivity (Wildman–Crippen MR) is 85.6 cm³/mol. The Hall–Kier alpha value is -2.40. The molecule has 0 spiro atoms. The molecule has 1 aliphatic carbocycles. The number of hydrogen-bond donors (Lipinski definition) is 3. The SMILES string of the molecule is OC1CC(c2cc(NCc3cc4ccccc4[nH]3)ncn2)C1. The average molecular weight is 294 g/mol. The lowest BCUT2D eigenvalue weighted by molar-refractivity contribution is 0.0732. The smallest absolute Gasteiger partial charge is 0.129 e. The molecule has 1 fully saturated rings. The molecule has 0 saturated heterocycles. The minimum atomic E-state index is -0.164. The van der Waals surface area contributed by atoms with Crippen molar-refractivity contribution in [3.63, 3.8) is 0 Å². The van der Waals surface area contributed by atoms with Gasteiger partial charge >= 0.3 is 0 Å². The van der Waals surface area contributed by atoms with Crippen LogP contribution in [-0.4, -0.2) is 26.2 Å². The summed E-state index contributed by atoms with van der Waals surface area (Å²) in [6, 6.07) is 12.4. The highest BCUT2D eigenvalue weighted by atomic mass is 16.3. The lowest BCUT2D eigenvalue weighted by Crippen LogP contribution is -2.27. The second-order valence-corrected chi connectivity index (χ2v) is 5.89. The molecule has 0 unspecified atom stereocenters. The van der Waals surface area contributed by atoms with E-state index in [1.807, 2.05) is 18.2 Å². The Balaban J connectivity index is 1.46. The van der Waals surface area contributed by atoms with E-state index in [0.29, 0.717) is 12.5 Å². The van der Waals surface area contributed by atoms with Crippen LogP contribution in [0, 0.1) is 0 Å². The van der Waals surface area contributed by atoms with E-state index in [0.717, 1.165) is 35.6 Å². The zero-order valence-corrected chi connectivity index (χ0v) is 12.2. The van der Waals surface area contributed by atoms with Crippen molar-refractivity contribution in [1.82, 2.24) is 15.0 Å². The molecule has 2 aromatic heterocycles. The molecule has 112 valence electrons. The molecule has 0 aliphatic heterocycles. The minimum absolute atomic E-state index is 0.164. The van der Waals surface area contributed by atoms with Crippen LogP contribution in [0.2, 0.25) is 0 Å². The summed E-state index contributed by atoms with van der Waals surface area (Å²) >= 11 is 0. The first-order valence-corrected chi connectivity index (χ1v) is 7.58. The first-order valence-electron chi connectivity index (χ1n) is 7.58. The number of aliphatic hydroxyl groups is 1. The van der Waals surface area contributed by atoms with Crippen LogP contribution in [0.1, 0.15) is 30.1 Å². The molecule has 4 rings (SSSR count). The van der Waals surface area contributed by atoms with E-state index in [4.69, 9.17) is 0 Å². The Kier molecular flexibility index (Phi) is 3.27. The molecule has 22 heavy (non-hydrogen) atoms. The number of nitrogens with one attached hydrogen (secondary N) is 2. The van der Waals surface area contributed by atoms with Gasteiger partial charge in [-0.25, -0.2) is 9.97 Å². The number of H-pyrrole nitrogens is 1. The highest BCUT2D eigenvalue weighted by Gasteiger charge is 2.29. The maximum absolute atomic E-state index is 9.41. The first kappa shape index (κ1) is 13.3. The number of aromatic amines is 1. The van der Waals surface area contributed by atoms with Gasteiger partial charge in [0.15, 0.2) is 0 Å². The van der Waals surface area contributed by atoms with Gasteiger partial charge in [0.25, 0.3) is 0 Å². The van der Waals surface area contributed by atoms with Crippen LogP contribution in [-0.2, 0) is 6.54 Å². The van der Waals surface area contributed by atoms with E-state index in [1.165, 1.54) is 5.39 Å². The number of benzene rings is 1. The Labute approximate surface area is 128 Å². The quantitative estimate of drug-likeness (QED) is 0.692. The van der Waals surface area contributed by atoms with E-state index in [-0.39, 0.29) is 6.10 Å². The van der Waals surface area contributed by atoms with Crippen molar-refractivity contribution >= 4 is 16.7 Å². The molecular weight excluding hydrogens is 276 g/mol. The number of hydrogen-bond acceptors (Lipinski definition) is 4. The third-order valence-corrected chi connectivity index (χ3v) is 4.27. The molecule has 5 heteroatoms. The fourth-order valence-corrected chi connectivity index (χ4v) is 2.94. The monoisotopic (exact) mass is 294 g/mol. The first-order chi connectivity index (χ1) is 10.8. The van der Waals surface area contributed by atoms with Gasteiger partial charge in [0, 0.05) is 28.9 Å². The third-order valence-electron chi connectivity index (χ3n) is 4.27. The maximum atomic E-state index is 9.41. The lowest BCUT2D eigenvalue weighted by Gasteiger charge is -2.30. The normalized spacial score (nSPS) is 20.8. The van der Waals surface area contributed by atoms with Crippen LogP contribution in [0.5, 0.6) is 0 Å². The molecule has 1 aromatic carbocycles. The molecule has 5 nitrogen and oxygen atoms in total. The van der Waals surface area contributed by atoms with Gasteiger partial charge in [-0.15, -0.1) is 0 Å². The average Bonchev–Trinajstić information content (AvgIpc) is 2.93. The van der Waals surface area contributed by atoms with Crippen LogP contribution in [0.15, 0.2) is 42.7 Å². The zero-order chi connectivity index (χ0) is 14.9. The van der Waals surface area contributed by atoms with Crippen molar-refractivity contribution in [2.75, 3.05) is 5.32 Å². The van der Waals surface area contributed by atoms with Gasteiger partial charge in [-0.05, 0) is 30.4 Å². The summed E-state index contributed by atoms with van der Waals surface area (Å²) in [5.74, 6) is 1.19. The number of rotatable bonds is 4. The van der Waals surface area contributed by atoms with E-state index in [1.54, 1.807) is 6.33 Å². The molecule has 3 aromatic rings. The zero-order valence-electron chi connectivity index (χ0n) is 12.2. The van der Waals surface area contributed by atoms with E-state index in [2.05, 4.69) is 38.5 Å². The molecule has 1 aliphatic rings. The molecule has 0 amide bonds. The fourth-order valence-electron chi connectivity index (χ4n) is 2.94. The topological polar surface area (TPSA) is 73.8 Å². The van der Waals surface area contributed by atoms with E-state index < -0.39 is 0 Å². The van der Waals surface area contributed by atoms with Crippen molar-refractivity contribution in [2.24, 2.45) is 0 Å². The molecule has 3 N–H and O–H groups in total. The third kappa shape index (κ3) is 2.55. The van der Waals surface area contributed by atoms with E-state index >= 15 is 0 Å². The number of fused-ring (bicyclic) bond motifs is 1. The minimum Gasteiger partial charge on any atom is -0.393 e. The van der Waals surface area contributed by atoms with E-state index in [9.17, 15) is 5.11 Å². The largest absolute Gasteiger partial charge is 0.393 e. The maximum Gasteiger partial charge on any atom is 0.129 e. The highest BCUT2D eigenvalue weighted by molar-refractivity contribution is 5.80. The number of anilines is 1. The molecule has 0 atom stereocenters. The summed E-state index contributed by atoms with van der Waals surface area (Å²) in [5.41, 5.74) is 3.28. The number of para-hydroxylation sites is 1. The Morgan fingerprint density at radius 1 is 1.18 bits per heavy atom. The molecular formula is C17H18N4O. The van der Waals surface area contributed by atoms with Crippen LogP contribution < -0.4 is 5.32 Å². The highest BCUT2D eigenvalue weighted by Crippen LogP contribution is 2.35. The summed E-state index contributed by atoms with van der Waals surface area (Å²) in [6.45, 7) is 0.693. The molecule has 0 radical (unpaired) electrons. The fraction of sp³-hybridized carbons (Fsp3) is 0.294. The predicted octanol–water partition coefficient (Wildman–Crippen LogP) is 2.81. The Morgan fingerprint density at radius 2 is 2.05 bits per heavy atom. The summed E-state index contributed by atoms with van der Waals surface area (Å²) in [6.07, 6.45) is 3.03. The van der Waals surface area contributed by atoms with Gasteiger partial charge in [0.2, 0.25) is 0 Å². The van der Waals surface area contributed by atoms with Crippen molar-refractivity contribution in [3.05, 3.63) is 54.1 Å². The van der Waals surface area contributed by atoms with Crippen molar-refractivity contribution in [2.45, 2.75) is 31.4 Å². The Bertz CT molecular complexity index is 759. The summed E-state index contributed by atoms with van der Waals surface area (Å²) in [7, 11) is 0. The standard InChI is InChI=1S/C17H18N4O/c22-14-6-12(7-14)16-8-17(20-10-19-16)18-9-13-5-11-3-1-2-4-15(11)21-13/h1-5,8,10,12,14,21-22H,6-7,9H2,(H,18,19,20). The van der Waals surface area contributed by atoms with Crippen LogP contribution in [0.3, 0.4) is 0 Å². The van der Waals surface area contributed by atoms with Crippen LogP contribution in [0.4, 0.5) is 5.82 Å². The summed E-state index contributed by atoms with van der Waals surface area (Å²) < 4.78 is 0. The van der Waals surface area contributed by atoms with Gasteiger partial charge < -0.3 is 15.4 Å². The van der Waals surface area contributed by atoms with Crippen molar-refractivity contribution in [3.8, 4) is 0 Å². The number of nitrogens with zero attached hydrogens (tertiary/aromatic N) is 2. The Morgan fingerprint density at radius 3 is 2.86 bits per heavy atom. The lowest BCUT2D eigenvalue weighted by atomic mass is 9.80. The summed E-state index contributed by atoms with van der Waals surface area (Å²) in [4.78, 5) is 12.0. The van der Waals surface area contributed by atoms with Crippen molar-refractivity contribution in [1.29, 1.82) is 0 Å². The molecule has 2 heterocycles. The van der Waals surface area contributed by atoms with Gasteiger partial charge in [0.05, 0.1) is 12.6 Å². The van der Waals surface area contributed by atoms with Crippen LogP contribution >= 0.6 is 0 Å². The second kappa shape index (κ2) is 5.42. The second-order valence-electron chi connectivity index (χ2n) is 5.89. The van der Waals surface area contributed by atoms with Crippen molar-refractivity contribution < 1.29 is 5.11 Å². The van der Waals surface area contributed by atoms with Crippen LogP contribution in [0.25, 0.3) is 10.9 Å². The summed E-state index contributed by atoms with van der Waals surface area (Å²) in [5, 5.41) is 14.0. The van der Waals surface area contributed by atoms with Gasteiger partial charge in [-0.2, -0.15) is 0 Å². The van der Waals surface area contributed by atoms with Gasteiger partial charge in [0.1, 0.15) is 12.1 Å².